The standard InChI is InChI=1S/C28H29BrO12/c1-14(30)36-13-24-25(37-15(2)31)26(38-16(3)32)27(39-17(4)33)28(41-24)40-20-9-10-21(23(35)12-20)22(34)11-18-5-7-19(29)8-6-18/h5-10,12,24-28,35H,11,13H2,1-4H3/t24-,25-,26-,27-,28+/m0/s1. The van der Waals surface area contributed by atoms with Crippen molar-refractivity contribution in [3.05, 3.63) is 58.1 Å². The summed E-state index contributed by atoms with van der Waals surface area (Å²) in [6, 6.07) is 11.1. The minimum Gasteiger partial charge on any atom is -0.507 e. The Morgan fingerprint density at radius 1 is 0.805 bits per heavy atom. The molecule has 0 unspecified atom stereocenters. The largest absolute Gasteiger partial charge is 0.507 e. The number of aromatic hydroxyl groups is 1. The van der Waals surface area contributed by atoms with Crippen molar-refractivity contribution < 1.29 is 57.5 Å². The molecule has 220 valence electrons. The molecule has 13 heteroatoms. The highest BCUT2D eigenvalue weighted by molar-refractivity contribution is 9.10. The van der Waals surface area contributed by atoms with Crippen LogP contribution in [-0.4, -0.2) is 72.1 Å². The van der Waals surface area contributed by atoms with E-state index in [1.165, 1.54) is 18.2 Å². The van der Waals surface area contributed by atoms with Crippen LogP contribution in [0.5, 0.6) is 11.5 Å². The van der Waals surface area contributed by atoms with Gasteiger partial charge in [0, 0.05) is 44.7 Å². The summed E-state index contributed by atoms with van der Waals surface area (Å²) in [6.07, 6.45) is -6.86. The molecule has 1 N–H and O–H groups in total. The summed E-state index contributed by atoms with van der Waals surface area (Å²) in [4.78, 5) is 60.1. The summed E-state index contributed by atoms with van der Waals surface area (Å²) in [5.74, 6) is -3.73. The molecule has 0 radical (unpaired) electrons. The average molecular weight is 637 g/mol. The number of Topliss-reactive ketones (excluding diaryl/α,β-unsaturated/α-hetero) is 1. The fraction of sp³-hybridized carbons (Fsp3) is 0.393. The number of ether oxygens (including phenoxy) is 6. The highest BCUT2D eigenvalue weighted by atomic mass is 79.9. The minimum absolute atomic E-state index is 0.00333. The van der Waals surface area contributed by atoms with E-state index in [0.717, 1.165) is 37.7 Å². The van der Waals surface area contributed by atoms with Gasteiger partial charge in [-0.1, -0.05) is 28.1 Å². The number of hydrogen-bond donors (Lipinski definition) is 1. The first-order valence-electron chi connectivity index (χ1n) is 12.4. The van der Waals surface area contributed by atoms with Gasteiger partial charge in [0.25, 0.3) is 0 Å². The summed E-state index contributed by atoms with van der Waals surface area (Å²) >= 11 is 3.34. The first-order valence-corrected chi connectivity index (χ1v) is 13.2. The molecule has 0 saturated carbocycles. The van der Waals surface area contributed by atoms with Crippen LogP contribution in [0.25, 0.3) is 0 Å². The van der Waals surface area contributed by atoms with Crippen LogP contribution < -0.4 is 4.74 Å². The van der Waals surface area contributed by atoms with Crippen molar-refractivity contribution >= 4 is 45.6 Å². The number of benzene rings is 2. The number of phenolic OH excluding ortho intramolecular Hbond substituents is 1. The fourth-order valence-corrected chi connectivity index (χ4v) is 4.39. The van der Waals surface area contributed by atoms with Gasteiger partial charge in [-0.05, 0) is 29.8 Å². The SMILES string of the molecule is CC(=O)OC[C@@H]1O[C@@H](Oc2ccc(C(=O)Cc3ccc(Br)cc3)c(O)c2)[C@@H](OC(C)=O)[C@@H](OC(C)=O)[C@H]1OC(C)=O. The van der Waals surface area contributed by atoms with Gasteiger partial charge in [-0.2, -0.15) is 0 Å². The van der Waals surface area contributed by atoms with Gasteiger partial charge >= 0.3 is 23.9 Å². The zero-order valence-electron chi connectivity index (χ0n) is 22.7. The Bertz CT molecular complexity index is 1290. The van der Waals surface area contributed by atoms with Gasteiger partial charge in [-0.3, -0.25) is 24.0 Å². The molecular weight excluding hydrogens is 608 g/mol. The van der Waals surface area contributed by atoms with Crippen molar-refractivity contribution in [2.24, 2.45) is 0 Å². The Morgan fingerprint density at radius 3 is 1.95 bits per heavy atom. The van der Waals surface area contributed by atoms with Crippen LogP contribution in [-0.2, 0) is 49.3 Å². The summed E-state index contributed by atoms with van der Waals surface area (Å²) in [5.41, 5.74) is 0.789. The molecule has 0 aromatic heterocycles. The fourth-order valence-electron chi connectivity index (χ4n) is 4.12. The van der Waals surface area contributed by atoms with E-state index in [0.29, 0.717) is 0 Å². The van der Waals surface area contributed by atoms with Crippen LogP contribution in [0.4, 0.5) is 0 Å². The maximum Gasteiger partial charge on any atom is 0.303 e. The van der Waals surface area contributed by atoms with Crippen molar-refractivity contribution in [2.45, 2.75) is 64.8 Å². The van der Waals surface area contributed by atoms with Crippen molar-refractivity contribution in [3.8, 4) is 11.5 Å². The number of halogens is 1. The van der Waals surface area contributed by atoms with Gasteiger partial charge < -0.3 is 33.5 Å². The zero-order chi connectivity index (χ0) is 30.3. The number of hydrogen-bond acceptors (Lipinski definition) is 12. The summed E-state index contributed by atoms with van der Waals surface area (Å²) in [5, 5.41) is 10.6. The predicted octanol–water partition coefficient (Wildman–Crippen LogP) is 3.04. The van der Waals surface area contributed by atoms with Crippen LogP contribution >= 0.6 is 15.9 Å². The van der Waals surface area contributed by atoms with Crippen LogP contribution in [0, 0.1) is 0 Å². The van der Waals surface area contributed by atoms with E-state index in [-0.39, 0.29) is 29.3 Å². The number of phenols is 1. The Morgan fingerprint density at radius 2 is 1.39 bits per heavy atom. The normalized spacial score (nSPS) is 21.7. The molecule has 0 bridgehead atoms. The maximum absolute atomic E-state index is 12.8. The number of carbonyl (C=O) groups excluding carboxylic acids is 5. The Hall–Kier alpha value is -3.97. The molecule has 1 heterocycles. The molecule has 3 rings (SSSR count). The Balaban J connectivity index is 1.90. The zero-order valence-corrected chi connectivity index (χ0v) is 24.2. The van der Waals surface area contributed by atoms with Crippen LogP contribution in [0.2, 0.25) is 0 Å². The molecule has 1 aliphatic heterocycles. The van der Waals surface area contributed by atoms with Gasteiger partial charge in [0.15, 0.2) is 18.0 Å². The van der Waals surface area contributed by atoms with Crippen molar-refractivity contribution in [1.82, 2.24) is 0 Å². The molecule has 1 fully saturated rings. The van der Waals surface area contributed by atoms with Crippen LogP contribution in [0.1, 0.15) is 43.6 Å². The third-order valence-electron chi connectivity index (χ3n) is 5.75. The van der Waals surface area contributed by atoms with E-state index in [9.17, 15) is 29.1 Å². The lowest BCUT2D eigenvalue weighted by atomic mass is 9.98. The molecule has 5 atom stereocenters. The van der Waals surface area contributed by atoms with Gasteiger partial charge in [-0.15, -0.1) is 0 Å². The second kappa shape index (κ2) is 14.1. The molecule has 12 nitrogen and oxygen atoms in total. The lowest BCUT2D eigenvalue weighted by molar-refractivity contribution is -0.288. The monoisotopic (exact) mass is 636 g/mol. The lowest BCUT2D eigenvalue weighted by Gasteiger charge is -2.43. The van der Waals surface area contributed by atoms with Gasteiger partial charge in [-0.25, -0.2) is 0 Å². The molecule has 0 amide bonds. The van der Waals surface area contributed by atoms with E-state index in [4.69, 9.17) is 28.4 Å². The third kappa shape index (κ3) is 9.02. The van der Waals surface area contributed by atoms with Crippen molar-refractivity contribution in [2.75, 3.05) is 6.61 Å². The van der Waals surface area contributed by atoms with E-state index in [2.05, 4.69) is 15.9 Å². The van der Waals surface area contributed by atoms with Crippen LogP contribution in [0.3, 0.4) is 0 Å². The smallest absolute Gasteiger partial charge is 0.303 e. The Kier molecular flexibility index (Phi) is 10.8. The highest BCUT2D eigenvalue weighted by Crippen LogP contribution is 2.33. The van der Waals surface area contributed by atoms with E-state index in [1.807, 2.05) is 0 Å². The molecule has 2 aromatic rings. The van der Waals surface area contributed by atoms with E-state index < -0.39 is 61.2 Å². The summed E-state index contributed by atoms with van der Waals surface area (Å²) in [6.45, 7) is 4.05. The van der Waals surface area contributed by atoms with Crippen molar-refractivity contribution in [3.63, 3.8) is 0 Å². The van der Waals surface area contributed by atoms with E-state index in [1.54, 1.807) is 24.3 Å². The lowest BCUT2D eigenvalue weighted by Crippen LogP contribution is -2.63. The minimum atomic E-state index is -1.49. The molecule has 1 aliphatic rings. The molecular formula is C28H29BrO12. The predicted molar refractivity (Wildman–Crippen MR) is 143 cm³/mol. The first kappa shape index (κ1) is 31.6. The molecule has 0 spiro atoms. The second-order valence-corrected chi connectivity index (χ2v) is 10.0. The molecule has 0 aliphatic carbocycles. The second-order valence-electron chi connectivity index (χ2n) is 9.09. The number of ketones is 1. The van der Waals surface area contributed by atoms with Crippen molar-refractivity contribution in [1.29, 1.82) is 0 Å². The molecule has 2 aromatic carbocycles. The number of carbonyl (C=O) groups is 5. The Labute approximate surface area is 243 Å². The average Bonchev–Trinajstić information content (AvgIpc) is 2.87. The van der Waals surface area contributed by atoms with Gasteiger partial charge in [0.1, 0.15) is 24.2 Å². The quantitative estimate of drug-likeness (QED) is 0.231. The maximum atomic E-state index is 12.8. The van der Waals surface area contributed by atoms with Gasteiger partial charge in [0.2, 0.25) is 12.4 Å². The highest BCUT2D eigenvalue weighted by Gasteiger charge is 2.53. The van der Waals surface area contributed by atoms with Gasteiger partial charge in [0.05, 0.1) is 5.56 Å². The molecule has 41 heavy (non-hydrogen) atoms. The summed E-state index contributed by atoms with van der Waals surface area (Å²) < 4.78 is 33.7. The first-order chi connectivity index (χ1) is 19.3. The van der Waals surface area contributed by atoms with E-state index >= 15 is 0 Å². The third-order valence-corrected chi connectivity index (χ3v) is 6.28. The summed E-state index contributed by atoms with van der Waals surface area (Å²) in [7, 11) is 0. The number of rotatable bonds is 10. The van der Waals surface area contributed by atoms with Crippen LogP contribution in [0.15, 0.2) is 46.9 Å². The molecule has 1 saturated heterocycles. The number of esters is 4. The topological polar surface area (TPSA) is 161 Å².